The highest BCUT2D eigenvalue weighted by molar-refractivity contribution is 6.30. The lowest BCUT2D eigenvalue weighted by Crippen LogP contribution is -2.70. The Bertz CT molecular complexity index is 868. The molecule has 3 aliphatic rings. The number of rotatable bonds is 3. The molecule has 0 N–H and O–H groups in total. The molecule has 3 atom stereocenters. The van der Waals surface area contributed by atoms with Crippen molar-refractivity contribution in [1.82, 2.24) is 14.9 Å². The molecule has 5 rings (SSSR count). The van der Waals surface area contributed by atoms with Crippen LogP contribution in [0.4, 0.5) is 4.79 Å². The van der Waals surface area contributed by atoms with Gasteiger partial charge in [0.25, 0.3) is 0 Å². The Morgan fingerprint density at radius 3 is 3.00 bits per heavy atom. The fourth-order valence-corrected chi connectivity index (χ4v) is 3.69. The van der Waals surface area contributed by atoms with E-state index in [0.29, 0.717) is 17.6 Å². The first-order chi connectivity index (χ1) is 12.8. The van der Waals surface area contributed by atoms with Crippen LogP contribution in [0.1, 0.15) is 27.2 Å². The number of amides is 1. The second kappa shape index (κ2) is 6.80. The molecule has 0 spiro atoms. The van der Waals surface area contributed by atoms with Crippen LogP contribution < -0.4 is 4.74 Å². The molecule has 3 aliphatic heterocycles. The van der Waals surface area contributed by atoms with E-state index in [4.69, 9.17) is 25.8 Å². The average Bonchev–Trinajstić information content (AvgIpc) is 2.57. The molecule has 0 saturated carbocycles. The van der Waals surface area contributed by atoms with Crippen LogP contribution in [0, 0.1) is 0 Å². The summed E-state index contributed by atoms with van der Waals surface area (Å²) in [6.45, 7) is 6.34. The summed E-state index contributed by atoms with van der Waals surface area (Å²) < 4.78 is 17.3. The molecule has 8 heteroatoms. The van der Waals surface area contributed by atoms with E-state index < -0.39 is 5.60 Å². The summed E-state index contributed by atoms with van der Waals surface area (Å²) in [6, 6.07) is 5.43. The first kappa shape index (κ1) is 18.3. The standard InChI is InChI=1S/C19H22ClN3O4/c1-19(2,3)27-18(24)23-11-7-14(23)15(25-9-11)10-26-17-12-5-4-6-21-13(12)8-16(20)22-17/h4-6,8,11,14-15H,7,9-10H2,1-3H3/t11-,14+,15-/m1/s1. The highest BCUT2D eigenvalue weighted by Crippen LogP contribution is 2.36. The molecular formula is C19H22ClN3O4. The largest absolute Gasteiger partial charge is 0.474 e. The van der Waals surface area contributed by atoms with Gasteiger partial charge in [-0.15, -0.1) is 0 Å². The van der Waals surface area contributed by atoms with Gasteiger partial charge in [-0.25, -0.2) is 9.78 Å². The van der Waals surface area contributed by atoms with Gasteiger partial charge < -0.3 is 14.2 Å². The first-order valence-electron chi connectivity index (χ1n) is 8.99. The molecule has 2 aromatic rings. The van der Waals surface area contributed by atoms with Crippen molar-refractivity contribution in [3.8, 4) is 5.88 Å². The summed E-state index contributed by atoms with van der Waals surface area (Å²) in [5.74, 6) is 0.416. The molecule has 5 heterocycles. The molecule has 2 aromatic heterocycles. The van der Waals surface area contributed by atoms with Gasteiger partial charge in [-0.05, 0) is 39.3 Å². The van der Waals surface area contributed by atoms with Crippen molar-refractivity contribution in [1.29, 1.82) is 0 Å². The van der Waals surface area contributed by atoms with Crippen molar-refractivity contribution < 1.29 is 19.0 Å². The van der Waals surface area contributed by atoms with Crippen LogP contribution in [-0.4, -0.2) is 58.0 Å². The number of morpholine rings is 1. The molecular weight excluding hydrogens is 370 g/mol. The summed E-state index contributed by atoms with van der Waals surface area (Å²) in [5, 5.41) is 1.10. The van der Waals surface area contributed by atoms with Crippen LogP contribution >= 0.6 is 11.6 Å². The lowest BCUT2D eigenvalue weighted by atomic mass is 9.87. The SMILES string of the molecule is CC(C)(C)OC(=O)N1[C@H]2CO[C@H](COc3nc(Cl)cc4ncccc34)[C@@H]1C2. The predicted octanol–water partition coefficient (Wildman–Crippen LogP) is 3.44. The van der Waals surface area contributed by atoms with Gasteiger partial charge in [0, 0.05) is 12.3 Å². The molecule has 27 heavy (non-hydrogen) atoms. The van der Waals surface area contributed by atoms with E-state index in [2.05, 4.69) is 9.97 Å². The normalized spacial score (nSPS) is 24.4. The van der Waals surface area contributed by atoms with Crippen molar-refractivity contribution in [2.75, 3.05) is 13.2 Å². The van der Waals surface area contributed by atoms with E-state index in [9.17, 15) is 4.79 Å². The third-order valence-corrected chi connectivity index (χ3v) is 4.91. The Kier molecular flexibility index (Phi) is 4.60. The van der Waals surface area contributed by atoms with Gasteiger partial charge >= 0.3 is 6.09 Å². The maximum Gasteiger partial charge on any atom is 0.410 e. The number of aromatic nitrogens is 2. The van der Waals surface area contributed by atoms with Gasteiger partial charge in [-0.1, -0.05) is 11.6 Å². The van der Waals surface area contributed by atoms with Gasteiger partial charge in [-0.2, -0.15) is 0 Å². The summed E-state index contributed by atoms with van der Waals surface area (Å²) in [4.78, 5) is 22.8. The number of carbonyl (C=O) groups is 1. The van der Waals surface area contributed by atoms with Gasteiger partial charge in [-0.3, -0.25) is 9.88 Å². The van der Waals surface area contributed by atoms with E-state index in [1.165, 1.54) is 0 Å². The van der Waals surface area contributed by atoms with E-state index in [1.807, 2.05) is 32.9 Å². The molecule has 0 aliphatic carbocycles. The fourth-order valence-electron chi connectivity index (χ4n) is 3.51. The number of fused-ring (bicyclic) bond motifs is 3. The summed E-state index contributed by atoms with van der Waals surface area (Å²) in [7, 11) is 0. The first-order valence-corrected chi connectivity index (χ1v) is 9.36. The van der Waals surface area contributed by atoms with Crippen LogP contribution in [0.2, 0.25) is 5.15 Å². The maximum absolute atomic E-state index is 12.5. The molecule has 3 fully saturated rings. The molecule has 2 bridgehead atoms. The Morgan fingerprint density at radius 2 is 2.26 bits per heavy atom. The molecule has 0 aromatic carbocycles. The monoisotopic (exact) mass is 391 g/mol. The van der Waals surface area contributed by atoms with E-state index in [0.717, 1.165) is 17.3 Å². The summed E-state index contributed by atoms with van der Waals surface area (Å²) >= 11 is 6.08. The fraction of sp³-hybridized carbons (Fsp3) is 0.526. The van der Waals surface area contributed by atoms with E-state index in [-0.39, 0.29) is 30.9 Å². The zero-order chi connectivity index (χ0) is 19.2. The Hall–Kier alpha value is -2.12. The molecule has 7 nitrogen and oxygen atoms in total. The topological polar surface area (TPSA) is 73.8 Å². The Labute approximate surface area is 162 Å². The molecule has 144 valence electrons. The molecule has 3 saturated heterocycles. The van der Waals surface area contributed by atoms with E-state index in [1.54, 1.807) is 17.2 Å². The minimum absolute atomic E-state index is 0.0535. The predicted molar refractivity (Wildman–Crippen MR) is 100 cm³/mol. The molecule has 0 unspecified atom stereocenters. The number of hydrogen-bond acceptors (Lipinski definition) is 6. The van der Waals surface area contributed by atoms with Gasteiger partial charge in [0.15, 0.2) is 0 Å². The van der Waals surface area contributed by atoms with Crippen LogP contribution in [0.25, 0.3) is 10.9 Å². The van der Waals surface area contributed by atoms with Crippen molar-refractivity contribution in [3.05, 3.63) is 29.5 Å². The van der Waals surface area contributed by atoms with Crippen molar-refractivity contribution >= 4 is 28.6 Å². The lowest BCUT2D eigenvalue weighted by molar-refractivity contribution is -0.172. The molecule has 1 amide bonds. The van der Waals surface area contributed by atoms with Crippen molar-refractivity contribution in [2.24, 2.45) is 0 Å². The highest BCUT2D eigenvalue weighted by Gasteiger charge is 2.52. The number of carbonyl (C=O) groups excluding carboxylic acids is 1. The van der Waals surface area contributed by atoms with Gasteiger partial charge in [0.1, 0.15) is 23.5 Å². The van der Waals surface area contributed by atoms with Crippen molar-refractivity contribution in [2.45, 2.75) is 51.0 Å². The van der Waals surface area contributed by atoms with Crippen LogP contribution in [0.5, 0.6) is 5.88 Å². The molecule has 0 radical (unpaired) electrons. The second-order valence-corrected chi connectivity index (χ2v) is 8.23. The van der Waals surface area contributed by atoms with Crippen LogP contribution in [-0.2, 0) is 9.47 Å². The zero-order valence-electron chi connectivity index (χ0n) is 15.5. The number of nitrogens with zero attached hydrogens (tertiary/aromatic N) is 3. The van der Waals surface area contributed by atoms with Gasteiger partial charge in [0.05, 0.1) is 29.6 Å². The maximum atomic E-state index is 12.5. The Morgan fingerprint density at radius 1 is 1.44 bits per heavy atom. The summed E-state index contributed by atoms with van der Waals surface area (Å²) in [6.07, 6.45) is 2.04. The third kappa shape index (κ3) is 3.66. The zero-order valence-corrected chi connectivity index (χ0v) is 16.3. The van der Waals surface area contributed by atoms with Gasteiger partial charge in [0.2, 0.25) is 5.88 Å². The highest BCUT2D eigenvalue weighted by atomic mass is 35.5. The van der Waals surface area contributed by atoms with Crippen molar-refractivity contribution in [3.63, 3.8) is 0 Å². The number of halogens is 1. The number of ether oxygens (including phenoxy) is 3. The van der Waals surface area contributed by atoms with Crippen LogP contribution in [0.3, 0.4) is 0 Å². The summed E-state index contributed by atoms with van der Waals surface area (Å²) in [5.41, 5.74) is 0.195. The minimum Gasteiger partial charge on any atom is -0.474 e. The average molecular weight is 392 g/mol. The van der Waals surface area contributed by atoms with Crippen LogP contribution in [0.15, 0.2) is 24.4 Å². The quantitative estimate of drug-likeness (QED) is 0.746. The number of pyridine rings is 2. The smallest absolute Gasteiger partial charge is 0.410 e. The van der Waals surface area contributed by atoms with E-state index >= 15 is 0 Å². The second-order valence-electron chi connectivity index (χ2n) is 7.85. The third-order valence-electron chi connectivity index (χ3n) is 4.72. The minimum atomic E-state index is -0.523. The Balaban J connectivity index is 1.46. The lowest BCUT2D eigenvalue weighted by Gasteiger charge is -2.55. The number of hydrogen-bond donors (Lipinski definition) is 0.